The molecule has 0 aliphatic carbocycles. The number of sulfonamides is 1. The van der Waals surface area contributed by atoms with Gasteiger partial charge in [0.05, 0.1) is 11.4 Å². The molecule has 0 saturated carbocycles. The van der Waals surface area contributed by atoms with Crippen LogP contribution < -0.4 is 10.5 Å². The van der Waals surface area contributed by atoms with E-state index in [1.807, 2.05) is 0 Å². The SMILES string of the molecule is Cc1nn(C)c(C)c1S(=O)(=O)Nc1ccc(CN)cc1. The van der Waals surface area contributed by atoms with E-state index in [-0.39, 0.29) is 4.90 Å². The first kappa shape index (κ1) is 14.5. The molecule has 0 bridgehead atoms. The third-order valence-corrected chi connectivity index (χ3v) is 4.79. The Kier molecular flexibility index (Phi) is 3.82. The number of nitrogens with two attached hydrogens (primary N) is 1. The first-order valence-electron chi connectivity index (χ1n) is 6.17. The van der Waals surface area contributed by atoms with Crippen molar-refractivity contribution < 1.29 is 8.42 Å². The number of benzene rings is 1. The number of nitrogens with one attached hydrogen (secondary N) is 1. The van der Waals surface area contributed by atoms with Crippen molar-refractivity contribution in [3.63, 3.8) is 0 Å². The average Bonchev–Trinajstić information content (AvgIpc) is 2.64. The second-order valence-electron chi connectivity index (χ2n) is 4.63. The van der Waals surface area contributed by atoms with E-state index in [0.717, 1.165) is 5.56 Å². The van der Waals surface area contributed by atoms with Gasteiger partial charge >= 0.3 is 0 Å². The van der Waals surface area contributed by atoms with Gasteiger partial charge in [-0.15, -0.1) is 0 Å². The predicted molar refractivity (Wildman–Crippen MR) is 77.8 cm³/mol. The van der Waals surface area contributed by atoms with E-state index in [1.165, 1.54) is 0 Å². The molecule has 108 valence electrons. The lowest BCUT2D eigenvalue weighted by molar-refractivity contribution is 0.599. The van der Waals surface area contributed by atoms with Crippen LogP contribution in [-0.4, -0.2) is 18.2 Å². The number of hydrogen-bond acceptors (Lipinski definition) is 4. The molecule has 2 aromatic rings. The zero-order valence-corrected chi connectivity index (χ0v) is 12.5. The normalized spacial score (nSPS) is 11.6. The Morgan fingerprint density at radius 1 is 1.25 bits per heavy atom. The van der Waals surface area contributed by atoms with Crippen LogP contribution in [0.1, 0.15) is 17.0 Å². The maximum absolute atomic E-state index is 12.4. The standard InChI is InChI=1S/C13H18N4O2S/c1-9-13(10(2)17(3)15-9)20(18,19)16-12-6-4-11(8-14)5-7-12/h4-7,16H,8,14H2,1-3H3. The van der Waals surface area contributed by atoms with Crippen LogP contribution >= 0.6 is 0 Å². The number of nitrogens with zero attached hydrogens (tertiary/aromatic N) is 2. The first-order chi connectivity index (χ1) is 9.35. The summed E-state index contributed by atoms with van der Waals surface area (Å²) < 4.78 is 29.0. The maximum Gasteiger partial charge on any atom is 0.265 e. The monoisotopic (exact) mass is 294 g/mol. The molecule has 0 atom stereocenters. The molecule has 0 aliphatic heterocycles. The van der Waals surface area contributed by atoms with Crippen LogP contribution in [0, 0.1) is 13.8 Å². The van der Waals surface area contributed by atoms with E-state index in [4.69, 9.17) is 5.73 Å². The van der Waals surface area contributed by atoms with Gasteiger partial charge in [0.1, 0.15) is 4.90 Å². The van der Waals surface area contributed by atoms with Crippen LogP contribution in [0.3, 0.4) is 0 Å². The molecule has 0 spiro atoms. The van der Waals surface area contributed by atoms with Gasteiger partial charge in [0.25, 0.3) is 10.0 Å². The Labute approximate surface area is 118 Å². The summed E-state index contributed by atoms with van der Waals surface area (Å²) in [5, 5.41) is 4.13. The summed E-state index contributed by atoms with van der Waals surface area (Å²) in [6, 6.07) is 6.98. The fourth-order valence-corrected chi connectivity index (χ4v) is 3.56. The Hall–Kier alpha value is -1.86. The van der Waals surface area contributed by atoms with Crippen molar-refractivity contribution in [3.05, 3.63) is 41.2 Å². The zero-order chi connectivity index (χ0) is 14.9. The molecule has 3 N–H and O–H groups in total. The highest BCUT2D eigenvalue weighted by molar-refractivity contribution is 7.92. The van der Waals surface area contributed by atoms with Gasteiger partial charge in [-0.25, -0.2) is 8.42 Å². The van der Waals surface area contributed by atoms with Crippen LogP contribution in [0.2, 0.25) is 0 Å². The van der Waals surface area contributed by atoms with Gasteiger partial charge in [-0.05, 0) is 31.5 Å². The lowest BCUT2D eigenvalue weighted by atomic mass is 10.2. The lowest BCUT2D eigenvalue weighted by Gasteiger charge is -2.09. The van der Waals surface area contributed by atoms with E-state index in [2.05, 4.69) is 9.82 Å². The number of aromatic nitrogens is 2. The number of hydrogen-bond donors (Lipinski definition) is 2. The molecule has 0 saturated heterocycles. The highest BCUT2D eigenvalue weighted by atomic mass is 32.2. The molecule has 7 heteroatoms. The molecule has 2 rings (SSSR count). The van der Waals surface area contributed by atoms with Crippen molar-refractivity contribution in [2.75, 3.05) is 4.72 Å². The highest BCUT2D eigenvalue weighted by Gasteiger charge is 2.23. The maximum atomic E-state index is 12.4. The van der Waals surface area contributed by atoms with Crippen molar-refractivity contribution in [1.29, 1.82) is 0 Å². The molecule has 6 nitrogen and oxygen atoms in total. The van der Waals surface area contributed by atoms with E-state index in [1.54, 1.807) is 49.8 Å². The molecule has 1 aromatic heterocycles. The minimum atomic E-state index is -3.64. The quantitative estimate of drug-likeness (QED) is 0.889. The second-order valence-corrected chi connectivity index (χ2v) is 6.25. The van der Waals surface area contributed by atoms with Crippen LogP contribution in [0.25, 0.3) is 0 Å². The molecule has 0 aliphatic rings. The minimum absolute atomic E-state index is 0.225. The fraction of sp³-hybridized carbons (Fsp3) is 0.308. The smallest absolute Gasteiger partial charge is 0.265 e. The van der Waals surface area contributed by atoms with Crippen LogP contribution in [0.4, 0.5) is 5.69 Å². The van der Waals surface area contributed by atoms with Crippen molar-refractivity contribution in [1.82, 2.24) is 9.78 Å². The highest BCUT2D eigenvalue weighted by Crippen LogP contribution is 2.22. The van der Waals surface area contributed by atoms with Gasteiger partial charge in [0.15, 0.2) is 0 Å². The van der Waals surface area contributed by atoms with E-state index in [9.17, 15) is 8.42 Å². The topological polar surface area (TPSA) is 90.0 Å². The molecule has 0 radical (unpaired) electrons. The number of aryl methyl sites for hydroxylation is 2. The van der Waals surface area contributed by atoms with Crippen molar-refractivity contribution in [2.24, 2.45) is 12.8 Å². The Morgan fingerprint density at radius 2 is 1.85 bits per heavy atom. The predicted octanol–water partition coefficient (Wildman–Crippen LogP) is 1.30. The van der Waals surface area contributed by atoms with Crippen molar-refractivity contribution in [2.45, 2.75) is 25.3 Å². The van der Waals surface area contributed by atoms with Gasteiger partial charge in [0, 0.05) is 19.3 Å². The largest absolute Gasteiger partial charge is 0.326 e. The summed E-state index contributed by atoms with van der Waals surface area (Å²) >= 11 is 0. The summed E-state index contributed by atoms with van der Waals surface area (Å²) in [6.45, 7) is 3.83. The van der Waals surface area contributed by atoms with Gasteiger partial charge < -0.3 is 5.73 Å². The zero-order valence-electron chi connectivity index (χ0n) is 11.7. The molecular weight excluding hydrogens is 276 g/mol. The first-order valence-corrected chi connectivity index (χ1v) is 7.65. The lowest BCUT2D eigenvalue weighted by Crippen LogP contribution is -2.15. The minimum Gasteiger partial charge on any atom is -0.326 e. The van der Waals surface area contributed by atoms with E-state index < -0.39 is 10.0 Å². The molecule has 1 heterocycles. The summed E-state index contributed by atoms with van der Waals surface area (Å²) in [7, 11) is -1.92. The molecule has 0 amide bonds. The molecular formula is C13H18N4O2S. The van der Waals surface area contributed by atoms with E-state index in [0.29, 0.717) is 23.6 Å². The summed E-state index contributed by atoms with van der Waals surface area (Å²) in [5.41, 5.74) is 8.05. The number of rotatable bonds is 4. The van der Waals surface area contributed by atoms with Crippen molar-refractivity contribution in [3.8, 4) is 0 Å². The Morgan fingerprint density at radius 3 is 2.30 bits per heavy atom. The van der Waals surface area contributed by atoms with Crippen LogP contribution in [0.5, 0.6) is 0 Å². The molecule has 1 aromatic carbocycles. The van der Waals surface area contributed by atoms with Crippen molar-refractivity contribution >= 4 is 15.7 Å². The Balaban J connectivity index is 2.35. The van der Waals surface area contributed by atoms with E-state index >= 15 is 0 Å². The van der Waals surface area contributed by atoms with Crippen LogP contribution in [0.15, 0.2) is 29.2 Å². The average molecular weight is 294 g/mol. The molecule has 0 fully saturated rings. The summed E-state index contributed by atoms with van der Waals surface area (Å²) in [5.74, 6) is 0. The molecule has 20 heavy (non-hydrogen) atoms. The second kappa shape index (κ2) is 5.26. The fourth-order valence-electron chi connectivity index (χ4n) is 2.06. The van der Waals surface area contributed by atoms with Crippen LogP contribution in [-0.2, 0) is 23.6 Å². The summed E-state index contributed by atoms with van der Waals surface area (Å²) in [4.78, 5) is 0.225. The Bertz CT molecular complexity index is 718. The van der Waals surface area contributed by atoms with Gasteiger partial charge in [-0.3, -0.25) is 9.40 Å². The third-order valence-electron chi connectivity index (χ3n) is 3.15. The third kappa shape index (κ3) is 2.68. The van der Waals surface area contributed by atoms with Gasteiger partial charge in [0.2, 0.25) is 0 Å². The van der Waals surface area contributed by atoms with Gasteiger partial charge in [-0.2, -0.15) is 5.10 Å². The summed E-state index contributed by atoms with van der Waals surface area (Å²) in [6.07, 6.45) is 0. The number of anilines is 1. The van der Waals surface area contributed by atoms with Gasteiger partial charge in [-0.1, -0.05) is 12.1 Å². The molecule has 0 unspecified atom stereocenters.